The van der Waals surface area contributed by atoms with Crippen LogP contribution in [-0.4, -0.2) is 56.5 Å². The molecule has 0 spiro atoms. The Morgan fingerprint density at radius 1 is 1.05 bits per heavy atom. The first-order valence-electron chi connectivity index (χ1n) is 12.0. The van der Waals surface area contributed by atoms with Gasteiger partial charge < -0.3 is 9.47 Å². The van der Waals surface area contributed by atoms with Gasteiger partial charge in [0.1, 0.15) is 5.75 Å². The van der Waals surface area contributed by atoms with Crippen LogP contribution in [0.25, 0.3) is 10.2 Å². The number of fused-ring (bicyclic) bond motifs is 1. The minimum Gasteiger partial charge on any atom is -0.494 e. The molecule has 0 aliphatic carbocycles. The van der Waals surface area contributed by atoms with E-state index in [9.17, 15) is 13.2 Å². The first kappa shape index (κ1) is 25.3. The Bertz CT molecular complexity index is 1480. The summed E-state index contributed by atoms with van der Waals surface area (Å²) in [4.78, 5) is 20.3. The quantitative estimate of drug-likeness (QED) is 0.327. The van der Waals surface area contributed by atoms with Crippen LogP contribution >= 0.6 is 11.3 Å². The van der Waals surface area contributed by atoms with Crippen LogP contribution in [0.1, 0.15) is 22.8 Å². The van der Waals surface area contributed by atoms with Gasteiger partial charge in [0.2, 0.25) is 10.0 Å². The second kappa shape index (κ2) is 11.0. The molecule has 0 bridgehead atoms. The average Bonchev–Trinajstić information content (AvgIpc) is 3.36. The molecule has 1 aliphatic heterocycles. The summed E-state index contributed by atoms with van der Waals surface area (Å²) in [5.74, 6) is 0.492. The second-order valence-corrected chi connectivity index (χ2v) is 11.4. The van der Waals surface area contributed by atoms with Gasteiger partial charge in [0.15, 0.2) is 5.13 Å². The van der Waals surface area contributed by atoms with Crippen LogP contribution in [0.3, 0.4) is 0 Å². The maximum atomic E-state index is 13.8. The van der Waals surface area contributed by atoms with Crippen molar-refractivity contribution in [3.63, 3.8) is 0 Å². The van der Waals surface area contributed by atoms with Gasteiger partial charge in [0, 0.05) is 18.7 Å². The summed E-state index contributed by atoms with van der Waals surface area (Å²) in [5, 5.41) is 0.558. The highest BCUT2D eigenvalue weighted by atomic mass is 32.2. The molecule has 5 rings (SSSR count). The van der Waals surface area contributed by atoms with Gasteiger partial charge in [-0.1, -0.05) is 41.7 Å². The fraction of sp³-hybridized carbons (Fsp3) is 0.259. The lowest BCUT2D eigenvalue weighted by molar-refractivity contribution is 0.0730. The maximum absolute atomic E-state index is 13.8. The Kier molecular flexibility index (Phi) is 7.52. The summed E-state index contributed by atoms with van der Waals surface area (Å²) >= 11 is 1.41. The minimum absolute atomic E-state index is 0.156. The fourth-order valence-electron chi connectivity index (χ4n) is 4.12. The van der Waals surface area contributed by atoms with E-state index < -0.39 is 10.0 Å². The van der Waals surface area contributed by atoms with Crippen LogP contribution in [0.4, 0.5) is 5.13 Å². The van der Waals surface area contributed by atoms with Gasteiger partial charge in [-0.3, -0.25) is 9.69 Å². The smallest absolute Gasteiger partial charge is 0.260 e. The molecule has 8 nitrogen and oxygen atoms in total. The molecule has 1 amide bonds. The van der Waals surface area contributed by atoms with E-state index in [-0.39, 0.29) is 10.8 Å². The number of hydrogen-bond acceptors (Lipinski definition) is 7. The van der Waals surface area contributed by atoms with E-state index >= 15 is 0 Å². The number of carbonyl (C=O) groups excluding carboxylic acids is 1. The van der Waals surface area contributed by atoms with Crippen molar-refractivity contribution < 1.29 is 22.7 Å². The van der Waals surface area contributed by atoms with Gasteiger partial charge in [-0.15, -0.1) is 0 Å². The monoisotopic (exact) mass is 537 g/mol. The highest BCUT2D eigenvalue weighted by Gasteiger charge is 2.27. The Hall–Kier alpha value is -3.31. The molecule has 4 aromatic rings. The predicted molar refractivity (Wildman–Crippen MR) is 144 cm³/mol. The second-order valence-electron chi connectivity index (χ2n) is 8.48. The number of nitrogens with zero attached hydrogens (tertiary/aromatic N) is 3. The predicted octanol–water partition coefficient (Wildman–Crippen LogP) is 4.56. The third-order valence-electron chi connectivity index (χ3n) is 6.03. The zero-order valence-corrected chi connectivity index (χ0v) is 22.0. The molecule has 10 heteroatoms. The molecule has 1 saturated heterocycles. The molecule has 1 aliphatic rings. The lowest BCUT2D eigenvalue weighted by Gasteiger charge is -2.26. The first-order valence-corrected chi connectivity index (χ1v) is 14.3. The zero-order chi connectivity index (χ0) is 25.8. The Morgan fingerprint density at radius 2 is 1.78 bits per heavy atom. The molecule has 3 aromatic carbocycles. The summed E-state index contributed by atoms with van der Waals surface area (Å²) in [6.45, 7) is 4.20. The van der Waals surface area contributed by atoms with Crippen LogP contribution in [-0.2, 0) is 21.3 Å². The summed E-state index contributed by atoms with van der Waals surface area (Å²) in [6, 6.07) is 21.5. The van der Waals surface area contributed by atoms with Crippen molar-refractivity contribution in [1.29, 1.82) is 0 Å². The third kappa shape index (κ3) is 5.52. The first-order chi connectivity index (χ1) is 18.0. The van der Waals surface area contributed by atoms with Crippen molar-refractivity contribution in [1.82, 2.24) is 9.29 Å². The van der Waals surface area contributed by atoms with Crippen molar-refractivity contribution >= 4 is 42.6 Å². The molecule has 2 heterocycles. The fourth-order valence-corrected chi connectivity index (χ4v) is 6.52. The Labute approximate surface area is 220 Å². The summed E-state index contributed by atoms with van der Waals surface area (Å²) in [5.41, 5.74) is 2.11. The van der Waals surface area contributed by atoms with Gasteiger partial charge in [-0.25, -0.2) is 13.4 Å². The standard InChI is InChI=1S/C27H27N3O5S2/c1-2-35-22-10-13-24-25(18-22)36-27(28-24)30(19-20-6-4-3-5-7-20)26(31)21-8-11-23(12-9-21)37(32,33)29-14-16-34-17-15-29/h3-13,18H,2,14-17,19H2,1H3. The van der Waals surface area contributed by atoms with E-state index in [1.54, 1.807) is 17.0 Å². The van der Waals surface area contributed by atoms with Crippen molar-refractivity contribution in [3.8, 4) is 5.75 Å². The topological polar surface area (TPSA) is 89.0 Å². The largest absolute Gasteiger partial charge is 0.494 e. The van der Waals surface area contributed by atoms with Crippen LogP contribution < -0.4 is 9.64 Å². The number of benzene rings is 3. The molecule has 0 saturated carbocycles. The minimum atomic E-state index is -3.65. The number of thiazole rings is 1. The normalized spacial score (nSPS) is 14.5. The van der Waals surface area contributed by atoms with Gasteiger partial charge in [0.05, 0.1) is 41.5 Å². The number of ether oxygens (including phenoxy) is 2. The van der Waals surface area contributed by atoms with Crippen LogP contribution in [0.2, 0.25) is 0 Å². The highest BCUT2D eigenvalue weighted by molar-refractivity contribution is 7.89. The number of aromatic nitrogens is 1. The van der Waals surface area contributed by atoms with Crippen LogP contribution in [0.15, 0.2) is 77.7 Å². The number of hydrogen-bond donors (Lipinski definition) is 0. The van der Waals surface area contributed by atoms with Gasteiger partial charge in [0.25, 0.3) is 5.91 Å². The molecule has 0 radical (unpaired) electrons. The van der Waals surface area contributed by atoms with Crippen molar-refractivity contribution in [2.75, 3.05) is 37.8 Å². The van der Waals surface area contributed by atoms with E-state index in [2.05, 4.69) is 0 Å². The molecule has 1 aromatic heterocycles. The van der Waals surface area contributed by atoms with Crippen molar-refractivity contribution in [2.24, 2.45) is 0 Å². The van der Waals surface area contributed by atoms with Crippen LogP contribution in [0, 0.1) is 0 Å². The number of rotatable bonds is 8. The van der Waals surface area contributed by atoms with E-state index in [1.807, 2.05) is 55.5 Å². The molecular weight excluding hydrogens is 510 g/mol. The summed E-state index contributed by atoms with van der Waals surface area (Å²) in [7, 11) is -3.65. The number of carbonyl (C=O) groups is 1. The van der Waals surface area contributed by atoms with Crippen LogP contribution in [0.5, 0.6) is 5.75 Å². The van der Waals surface area contributed by atoms with Gasteiger partial charge in [-0.2, -0.15) is 4.31 Å². The van der Waals surface area contributed by atoms with E-state index in [0.717, 1.165) is 21.5 Å². The molecule has 0 atom stereocenters. The van der Waals surface area contributed by atoms with Gasteiger partial charge >= 0.3 is 0 Å². The summed E-state index contributed by atoms with van der Waals surface area (Å²) in [6.07, 6.45) is 0. The lowest BCUT2D eigenvalue weighted by Crippen LogP contribution is -2.40. The molecule has 1 fully saturated rings. The zero-order valence-electron chi connectivity index (χ0n) is 20.4. The number of amides is 1. The van der Waals surface area contributed by atoms with Crippen molar-refractivity contribution in [3.05, 3.63) is 83.9 Å². The molecule has 192 valence electrons. The SMILES string of the molecule is CCOc1ccc2nc(N(Cc3ccccc3)C(=O)c3ccc(S(=O)(=O)N4CCOCC4)cc3)sc2c1. The van der Waals surface area contributed by atoms with E-state index in [0.29, 0.717) is 50.1 Å². The molecule has 0 unspecified atom stereocenters. The lowest BCUT2D eigenvalue weighted by atomic mass is 10.1. The number of morpholine rings is 1. The maximum Gasteiger partial charge on any atom is 0.260 e. The molecule has 37 heavy (non-hydrogen) atoms. The Balaban J connectivity index is 1.46. The molecular formula is C27H27N3O5S2. The summed E-state index contributed by atoms with van der Waals surface area (Å²) < 4.78 is 39.2. The number of anilines is 1. The van der Waals surface area contributed by atoms with Gasteiger partial charge in [-0.05, 0) is 55.0 Å². The third-order valence-corrected chi connectivity index (χ3v) is 8.98. The van der Waals surface area contributed by atoms with E-state index in [1.165, 1.54) is 27.8 Å². The molecule has 0 N–H and O–H groups in total. The highest BCUT2D eigenvalue weighted by Crippen LogP contribution is 2.33. The average molecular weight is 538 g/mol. The number of sulfonamides is 1. The van der Waals surface area contributed by atoms with Crippen molar-refractivity contribution in [2.45, 2.75) is 18.4 Å². The Morgan fingerprint density at radius 3 is 2.49 bits per heavy atom. The van der Waals surface area contributed by atoms with E-state index in [4.69, 9.17) is 14.5 Å².